The van der Waals surface area contributed by atoms with Crippen LogP contribution in [-0.2, 0) is 13.0 Å². The number of aromatic nitrogens is 4. The van der Waals surface area contributed by atoms with Gasteiger partial charge >= 0.3 is 12.2 Å². The fraction of sp³-hybridized carbons (Fsp3) is 0.294. The van der Waals surface area contributed by atoms with Crippen LogP contribution in [0.5, 0.6) is 11.5 Å². The lowest BCUT2D eigenvalue weighted by Gasteiger charge is -2.10. The van der Waals surface area contributed by atoms with Gasteiger partial charge in [-0.1, -0.05) is 0 Å². The maximum atomic E-state index is 13.8. The van der Waals surface area contributed by atoms with Crippen molar-refractivity contribution in [3.63, 3.8) is 0 Å². The van der Waals surface area contributed by atoms with Crippen molar-refractivity contribution in [2.75, 3.05) is 19.1 Å². The molecule has 10 nitrogen and oxygen atoms in total. The molecule has 4 rings (SSSR count). The summed E-state index contributed by atoms with van der Waals surface area (Å²) in [5.74, 6) is 1.90. The molecule has 0 atom stereocenters. The number of halogens is 2. The van der Waals surface area contributed by atoms with Gasteiger partial charge in [-0.2, -0.15) is 14.4 Å². The number of aryl methyl sites for hydroxylation is 1. The van der Waals surface area contributed by atoms with E-state index in [0.29, 0.717) is 42.2 Å². The first-order valence-electron chi connectivity index (χ1n) is 8.65. The number of hydrogen-bond acceptors (Lipinski definition) is 7. The summed E-state index contributed by atoms with van der Waals surface area (Å²) in [7, 11) is 0. The number of fused-ring (bicyclic) bond motifs is 2. The summed E-state index contributed by atoms with van der Waals surface area (Å²) in [5, 5.41) is 11.0. The third-order valence-electron chi connectivity index (χ3n) is 4.40. The Morgan fingerprint density at radius 1 is 1.31 bits per heavy atom. The number of ether oxygens (including phenoxy) is 2. The Kier molecular flexibility index (Phi) is 5.25. The monoisotopic (exact) mass is 514 g/mol. The van der Waals surface area contributed by atoms with Gasteiger partial charge in [-0.15, -0.1) is 0 Å². The Labute approximate surface area is 177 Å². The summed E-state index contributed by atoms with van der Waals surface area (Å²) in [4.78, 5) is 22.6. The van der Waals surface area contributed by atoms with E-state index in [1.165, 1.54) is 0 Å². The number of nitrogen functional groups attached to an aromatic ring is 1. The van der Waals surface area contributed by atoms with Crippen LogP contribution in [0.1, 0.15) is 17.8 Å². The summed E-state index contributed by atoms with van der Waals surface area (Å²) < 4.78 is 27.3. The molecule has 0 spiro atoms. The Morgan fingerprint density at radius 3 is 2.83 bits per heavy atom. The summed E-state index contributed by atoms with van der Waals surface area (Å²) in [6, 6.07) is 3.77. The molecule has 1 aromatic carbocycles. The van der Waals surface area contributed by atoms with E-state index < -0.39 is 12.2 Å². The first-order chi connectivity index (χ1) is 13.9. The average molecular weight is 514 g/mol. The molecule has 1 aliphatic heterocycles. The van der Waals surface area contributed by atoms with Crippen molar-refractivity contribution >= 4 is 45.7 Å². The van der Waals surface area contributed by atoms with Crippen molar-refractivity contribution in [3.8, 4) is 11.5 Å². The van der Waals surface area contributed by atoms with Gasteiger partial charge in [0, 0.05) is 23.1 Å². The van der Waals surface area contributed by atoms with Crippen LogP contribution >= 0.6 is 22.6 Å². The summed E-state index contributed by atoms with van der Waals surface area (Å²) in [6.07, 6.45) is -1.16. The zero-order valence-electron chi connectivity index (χ0n) is 15.0. The van der Waals surface area contributed by atoms with E-state index in [1.54, 1.807) is 4.57 Å². The first-order valence-corrected chi connectivity index (χ1v) is 9.73. The van der Waals surface area contributed by atoms with Crippen LogP contribution in [0.15, 0.2) is 12.1 Å². The zero-order valence-corrected chi connectivity index (χ0v) is 17.1. The normalized spacial score (nSPS) is 12.5. The molecule has 4 N–H and O–H groups in total. The zero-order chi connectivity index (χ0) is 20.5. The standard InChI is InChI=1S/C17H16FIN6O4/c18-16-23-14(20)13-15(24-16)25(3-1-2-21-17(26)27)12(22-13)5-8-4-10-11(6-9(8)19)29-7-28-10/h4,6,21H,1-3,5,7H2,(H,26,27)(H2,20,23,24). The van der Waals surface area contributed by atoms with E-state index in [4.69, 9.17) is 20.3 Å². The number of nitrogens with zero attached hydrogens (tertiary/aromatic N) is 4. The van der Waals surface area contributed by atoms with Crippen molar-refractivity contribution in [1.29, 1.82) is 0 Å². The molecule has 3 heterocycles. The minimum absolute atomic E-state index is 0.0449. The number of rotatable bonds is 6. The van der Waals surface area contributed by atoms with E-state index in [2.05, 4.69) is 42.9 Å². The molecule has 1 aliphatic rings. The minimum atomic E-state index is -1.10. The molecule has 0 radical (unpaired) electrons. The maximum absolute atomic E-state index is 13.8. The fourth-order valence-electron chi connectivity index (χ4n) is 3.11. The summed E-state index contributed by atoms with van der Waals surface area (Å²) in [5.41, 5.74) is 7.37. The lowest BCUT2D eigenvalue weighted by molar-refractivity contribution is 0.174. The molecule has 1 amide bonds. The highest BCUT2D eigenvalue weighted by atomic mass is 127. The van der Waals surface area contributed by atoms with Crippen LogP contribution < -0.4 is 20.5 Å². The number of anilines is 1. The molecule has 0 saturated carbocycles. The van der Waals surface area contributed by atoms with E-state index in [1.807, 2.05) is 12.1 Å². The van der Waals surface area contributed by atoms with Gasteiger partial charge in [0.05, 0.1) is 0 Å². The molecule has 0 unspecified atom stereocenters. The van der Waals surface area contributed by atoms with E-state index in [-0.39, 0.29) is 24.8 Å². The molecule has 29 heavy (non-hydrogen) atoms. The van der Waals surface area contributed by atoms with Crippen molar-refractivity contribution < 1.29 is 23.8 Å². The van der Waals surface area contributed by atoms with Crippen LogP contribution in [0.25, 0.3) is 11.2 Å². The number of amides is 1. The number of nitrogens with two attached hydrogens (primary N) is 1. The third kappa shape index (κ3) is 3.97. The molecule has 0 saturated heterocycles. The Morgan fingerprint density at radius 2 is 2.07 bits per heavy atom. The van der Waals surface area contributed by atoms with Crippen LogP contribution in [0.4, 0.5) is 15.0 Å². The predicted molar refractivity (Wildman–Crippen MR) is 108 cm³/mol. The van der Waals surface area contributed by atoms with Crippen LogP contribution in [-0.4, -0.2) is 44.1 Å². The Bertz CT molecular complexity index is 1110. The van der Waals surface area contributed by atoms with Gasteiger partial charge in [-0.05, 0) is 46.7 Å². The first kappa shape index (κ1) is 19.4. The van der Waals surface area contributed by atoms with E-state index in [9.17, 15) is 9.18 Å². The molecule has 2 aromatic heterocycles. The minimum Gasteiger partial charge on any atom is -0.465 e. The van der Waals surface area contributed by atoms with Crippen LogP contribution in [0.3, 0.4) is 0 Å². The van der Waals surface area contributed by atoms with Gasteiger partial charge in [0.2, 0.25) is 6.79 Å². The van der Waals surface area contributed by atoms with Crippen LogP contribution in [0.2, 0.25) is 0 Å². The molecule has 152 valence electrons. The lowest BCUT2D eigenvalue weighted by Crippen LogP contribution is -2.23. The van der Waals surface area contributed by atoms with E-state index >= 15 is 0 Å². The predicted octanol–water partition coefficient (Wildman–Crippen LogP) is 2.13. The fourth-order valence-corrected chi connectivity index (χ4v) is 3.74. The molecule has 3 aromatic rings. The molecule has 0 fully saturated rings. The highest BCUT2D eigenvalue weighted by Gasteiger charge is 2.20. The van der Waals surface area contributed by atoms with Gasteiger partial charge in [0.25, 0.3) is 0 Å². The van der Waals surface area contributed by atoms with Crippen molar-refractivity contribution in [2.45, 2.75) is 19.4 Å². The number of carbonyl (C=O) groups is 1. The largest absolute Gasteiger partial charge is 0.465 e. The van der Waals surface area contributed by atoms with Gasteiger partial charge < -0.3 is 30.2 Å². The maximum Gasteiger partial charge on any atom is 0.404 e. The van der Waals surface area contributed by atoms with Gasteiger partial charge in [0.1, 0.15) is 5.82 Å². The van der Waals surface area contributed by atoms with Crippen molar-refractivity contribution in [2.24, 2.45) is 0 Å². The van der Waals surface area contributed by atoms with Gasteiger partial charge in [-0.25, -0.2) is 9.78 Å². The number of carboxylic acid groups (broad SMARTS) is 1. The molecule has 12 heteroatoms. The summed E-state index contributed by atoms with van der Waals surface area (Å²) in [6.45, 7) is 0.789. The number of hydrogen-bond donors (Lipinski definition) is 3. The SMILES string of the molecule is Nc1nc(F)nc2c1nc(Cc1cc3c(cc1I)OCO3)n2CCCNC(=O)O. The molecular weight excluding hydrogens is 498 g/mol. The van der Waals surface area contributed by atoms with Gasteiger partial charge in [0.15, 0.2) is 28.5 Å². The third-order valence-corrected chi connectivity index (χ3v) is 5.40. The Balaban J connectivity index is 1.70. The number of imidazole rings is 1. The molecular formula is C17H16FIN6O4. The second-order valence-electron chi connectivity index (χ2n) is 6.29. The second kappa shape index (κ2) is 7.85. The Hall–Kier alpha value is -2.90. The highest BCUT2D eigenvalue weighted by molar-refractivity contribution is 14.1. The highest BCUT2D eigenvalue weighted by Crippen LogP contribution is 2.36. The van der Waals surface area contributed by atoms with Crippen molar-refractivity contribution in [1.82, 2.24) is 24.8 Å². The van der Waals surface area contributed by atoms with Crippen LogP contribution in [0, 0.1) is 9.65 Å². The lowest BCUT2D eigenvalue weighted by atomic mass is 10.1. The average Bonchev–Trinajstić information content (AvgIpc) is 3.23. The summed E-state index contributed by atoms with van der Waals surface area (Å²) >= 11 is 2.20. The van der Waals surface area contributed by atoms with E-state index in [0.717, 1.165) is 9.13 Å². The molecule has 0 aliphatic carbocycles. The second-order valence-corrected chi connectivity index (χ2v) is 7.45. The molecule has 0 bridgehead atoms. The number of nitrogens with one attached hydrogen (secondary N) is 1. The van der Waals surface area contributed by atoms with Crippen molar-refractivity contribution in [3.05, 3.63) is 33.2 Å². The smallest absolute Gasteiger partial charge is 0.404 e. The van der Waals surface area contributed by atoms with Gasteiger partial charge in [-0.3, -0.25) is 0 Å². The topological polar surface area (TPSA) is 137 Å². The number of benzene rings is 1. The quantitative estimate of drug-likeness (QED) is 0.259.